The average Bonchev–Trinajstić information content (AvgIpc) is 3.88. The number of thiophene rings is 2. The third-order valence-corrected chi connectivity index (χ3v) is 13.2. The van der Waals surface area contributed by atoms with E-state index in [1.165, 1.54) is 78.3 Å². The highest BCUT2D eigenvalue weighted by Gasteiger charge is 2.21. The first-order chi connectivity index (χ1) is 25.8. The van der Waals surface area contributed by atoms with Crippen LogP contribution in [0, 0.1) is 0 Å². The van der Waals surface area contributed by atoms with Gasteiger partial charge in [-0.15, -0.1) is 22.7 Å². The number of anilines is 3. The van der Waals surface area contributed by atoms with Crippen molar-refractivity contribution >= 4 is 134 Å². The fourth-order valence-electron chi connectivity index (χ4n) is 8.49. The van der Waals surface area contributed by atoms with Gasteiger partial charge in [-0.3, -0.25) is 0 Å². The lowest BCUT2D eigenvalue weighted by molar-refractivity contribution is 0.669. The second kappa shape index (κ2) is 10.7. The van der Waals surface area contributed by atoms with Crippen molar-refractivity contribution in [2.45, 2.75) is 0 Å². The van der Waals surface area contributed by atoms with Crippen molar-refractivity contribution in [3.05, 3.63) is 164 Å². The molecule has 0 bridgehead atoms. The first-order valence-electron chi connectivity index (χ1n) is 17.6. The molecule has 12 rings (SSSR count). The van der Waals surface area contributed by atoms with Crippen LogP contribution in [-0.2, 0) is 0 Å². The first-order valence-corrected chi connectivity index (χ1v) is 19.2. The lowest BCUT2D eigenvalue weighted by atomic mass is 9.93. The van der Waals surface area contributed by atoms with E-state index < -0.39 is 0 Å². The van der Waals surface area contributed by atoms with Crippen molar-refractivity contribution in [3.8, 4) is 0 Å². The van der Waals surface area contributed by atoms with Crippen LogP contribution in [-0.4, -0.2) is 0 Å². The predicted octanol–water partition coefficient (Wildman–Crippen LogP) is 15.3. The Morgan fingerprint density at radius 2 is 0.885 bits per heavy atom. The van der Waals surface area contributed by atoms with E-state index in [-0.39, 0.29) is 0 Å². The third kappa shape index (κ3) is 3.99. The maximum atomic E-state index is 6.29. The molecule has 4 heteroatoms. The molecule has 0 radical (unpaired) electrons. The Balaban J connectivity index is 1.16. The van der Waals surface area contributed by atoms with Gasteiger partial charge in [0.15, 0.2) is 0 Å². The second-order valence-corrected chi connectivity index (χ2v) is 15.8. The lowest BCUT2D eigenvalue weighted by Gasteiger charge is -2.26. The molecule has 0 atom stereocenters. The van der Waals surface area contributed by atoms with Gasteiger partial charge in [-0.2, -0.15) is 0 Å². The Hall–Kier alpha value is -6.20. The number of hydrogen-bond acceptors (Lipinski definition) is 4. The van der Waals surface area contributed by atoms with Crippen molar-refractivity contribution in [2.24, 2.45) is 0 Å². The van der Waals surface area contributed by atoms with Gasteiger partial charge >= 0.3 is 0 Å². The molecule has 0 aliphatic carbocycles. The van der Waals surface area contributed by atoms with E-state index >= 15 is 0 Å². The van der Waals surface area contributed by atoms with E-state index in [0.717, 1.165) is 33.3 Å². The number of fused-ring (bicyclic) bond motifs is 15. The Kier molecular flexibility index (Phi) is 5.84. The summed E-state index contributed by atoms with van der Waals surface area (Å²) in [5.41, 5.74) is 5.21. The minimum absolute atomic E-state index is 0.899. The molecule has 2 nitrogen and oxygen atoms in total. The molecule has 3 aromatic heterocycles. The van der Waals surface area contributed by atoms with Crippen LogP contribution in [0.3, 0.4) is 0 Å². The number of rotatable bonds is 3. The van der Waals surface area contributed by atoms with E-state index in [4.69, 9.17) is 4.42 Å². The lowest BCUT2D eigenvalue weighted by Crippen LogP contribution is -2.10. The van der Waals surface area contributed by atoms with Crippen LogP contribution in [0.25, 0.3) is 94.6 Å². The van der Waals surface area contributed by atoms with Crippen LogP contribution in [0.2, 0.25) is 0 Å². The SMILES string of the molecule is c1ccc2c(c1)oc1ccc(N(c3ccc4sc5ccccc5c4c3)c3cccc4c3sc3cc5c6ccccc6c6ccccc6c5cc34)cc12. The van der Waals surface area contributed by atoms with Gasteiger partial charge in [0.2, 0.25) is 0 Å². The van der Waals surface area contributed by atoms with E-state index in [0.29, 0.717) is 0 Å². The molecule has 0 unspecified atom stereocenters. The molecule has 0 amide bonds. The Bertz CT molecular complexity index is 3320. The summed E-state index contributed by atoms with van der Waals surface area (Å²) in [5, 5.41) is 15.2. The monoisotopic (exact) mass is 697 g/mol. The molecule has 0 aliphatic heterocycles. The van der Waals surface area contributed by atoms with Crippen LogP contribution < -0.4 is 4.90 Å². The molecule has 0 fully saturated rings. The molecule has 242 valence electrons. The van der Waals surface area contributed by atoms with Gasteiger partial charge in [-0.1, -0.05) is 97.1 Å². The smallest absolute Gasteiger partial charge is 0.135 e. The largest absolute Gasteiger partial charge is 0.456 e. The summed E-state index contributed by atoms with van der Waals surface area (Å²) < 4.78 is 11.5. The quantitative estimate of drug-likeness (QED) is 0.171. The van der Waals surface area contributed by atoms with Gasteiger partial charge < -0.3 is 9.32 Å². The van der Waals surface area contributed by atoms with Crippen LogP contribution >= 0.6 is 22.7 Å². The summed E-state index contributed by atoms with van der Waals surface area (Å²) in [6, 6.07) is 60.1. The molecule has 0 saturated heterocycles. The zero-order valence-corrected chi connectivity index (χ0v) is 29.4. The van der Waals surface area contributed by atoms with Crippen molar-refractivity contribution in [1.29, 1.82) is 0 Å². The third-order valence-electron chi connectivity index (χ3n) is 10.8. The van der Waals surface area contributed by atoms with Crippen LogP contribution in [0.4, 0.5) is 17.1 Å². The fraction of sp³-hybridized carbons (Fsp3) is 0. The topological polar surface area (TPSA) is 16.4 Å². The molecule has 0 aliphatic rings. The number of hydrogen-bond donors (Lipinski definition) is 0. The van der Waals surface area contributed by atoms with Crippen molar-refractivity contribution in [1.82, 2.24) is 0 Å². The first kappa shape index (κ1) is 28.5. The van der Waals surface area contributed by atoms with Crippen molar-refractivity contribution in [3.63, 3.8) is 0 Å². The average molecular weight is 698 g/mol. The molecule has 0 spiro atoms. The minimum Gasteiger partial charge on any atom is -0.456 e. The summed E-state index contributed by atoms with van der Waals surface area (Å²) in [7, 11) is 0. The van der Waals surface area contributed by atoms with Crippen LogP contribution in [0.1, 0.15) is 0 Å². The summed E-state index contributed by atoms with van der Waals surface area (Å²) in [4.78, 5) is 2.45. The predicted molar refractivity (Wildman–Crippen MR) is 227 cm³/mol. The van der Waals surface area contributed by atoms with Gasteiger partial charge in [-0.05, 0) is 99.0 Å². The van der Waals surface area contributed by atoms with E-state index in [9.17, 15) is 0 Å². The maximum Gasteiger partial charge on any atom is 0.135 e. The Morgan fingerprint density at radius 3 is 1.67 bits per heavy atom. The van der Waals surface area contributed by atoms with Crippen molar-refractivity contribution < 1.29 is 4.42 Å². The summed E-state index contributed by atoms with van der Waals surface area (Å²) in [5.74, 6) is 0. The zero-order chi connectivity index (χ0) is 33.9. The highest BCUT2D eigenvalue weighted by atomic mass is 32.1. The normalized spacial score (nSPS) is 12.2. The number of para-hydroxylation sites is 1. The number of furan rings is 1. The molecule has 12 aromatic rings. The van der Waals surface area contributed by atoms with Gasteiger partial charge in [0.1, 0.15) is 11.2 Å². The van der Waals surface area contributed by atoms with E-state index in [1.54, 1.807) is 0 Å². The van der Waals surface area contributed by atoms with Gasteiger partial charge in [0.25, 0.3) is 0 Å². The van der Waals surface area contributed by atoms with Gasteiger partial charge in [-0.25, -0.2) is 0 Å². The second-order valence-electron chi connectivity index (χ2n) is 13.6. The molecule has 0 N–H and O–H groups in total. The van der Waals surface area contributed by atoms with Crippen LogP contribution in [0.15, 0.2) is 168 Å². The number of nitrogens with zero attached hydrogens (tertiary/aromatic N) is 1. The summed E-state index contributed by atoms with van der Waals surface area (Å²) in [6.45, 7) is 0. The molecular weight excluding hydrogens is 671 g/mol. The fourth-order valence-corrected chi connectivity index (χ4v) is 10.8. The minimum atomic E-state index is 0.899. The van der Waals surface area contributed by atoms with Gasteiger partial charge in [0.05, 0.1) is 10.4 Å². The van der Waals surface area contributed by atoms with Crippen molar-refractivity contribution in [2.75, 3.05) is 4.90 Å². The Labute approximate surface area is 306 Å². The number of benzene rings is 9. The highest BCUT2D eigenvalue weighted by molar-refractivity contribution is 7.26. The van der Waals surface area contributed by atoms with Crippen LogP contribution in [0.5, 0.6) is 0 Å². The molecular formula is C48H27NOS2. The highest BCUT2D eigenvalue weighted by Crippen LogP contribution is 2.49. The Morgan fingerprint density at radius 1 is 0.327 bits per heavy atom. The van der Waals surface area contributed by atoms with E-state index in [2.05, 4.69) is 163 Å². The zero-order valence-electron chi connectivity index (χ0n) is 27.8. The molecule has 9 aromatic carbocycles. The molecule has 52 heavy (non-hydrogen) atoms. The summed E-state index contributed by atoms with van der Waals surface area (Å²) in [6.07, 6.45) is 0. The molecule has 0 saturated carbocycles. The molecule has 3 heterocycles. The van der Waals surface area contributed by atoms with Gasteiger partial charge in [0, 0.05) is 57.8 Å². The maximum absolute atomic E-state index is 6.29. The van der Waals surface area contributed by atoms with E-state index in [1.807, 2.05) is 28.7 Å². The summed E-state index contributed by atoms with van der Waals surface area (Å²) >= 11 is 3.75. The standard InChI is InChI=1S/C48H27NOS2/c1-3-12-32-30(10-1)31-11-2-4-13-33(31)38-27-47-41(26-37(32)38)36-16-9-17-42(48(36)52-47)49(28-20-22-44-39(24-28)34-14-5-7-18-43(34)50-44)29-21-23-46-40(25-29)35-15-6-8-19-45(35)51-46/h1-27H.